The molecule has 0 N–H and O–H groups in total. The van der Waals surface area contributed by atoms with E-state index in [1.807, 2.05) is 6.07 Å². The summed E-state index contributed by atoms with van der Waals surface area (Å²) in [6, 6.07) is 72.8. The Hall–Kier alpha value is -8.08. The molecule has 278 valence electrons. The second kappa shape index (κ2) is 13.8. The fraction of sp³-hybridized carbons (Fsp3) is 0. The van der Waals surface area contributed by atoms with Gasteiger partial charge in [0.25, 0.3) is 0 Å². The number of pyridine rings is 1. The van der Waals surface area contributed by atoms with Gasteiger partial charge < -0.3 is 0 Å². The molecule has 2 aromatic heterocycles. The molecule has 10 aromatic carbocycles. The molecule has 0 spiro atoms. The first kappa shape index (κ1) is 34.0. The average Bonchev–Trinajstić information content (AvgIpc) is 3.33. The standard InChI is InChI=1S/C56H34N4/c1-2-16-35(17-3-1)53-48-30-15-29-42(52(48)47-28-12-13-31-51(47)57-53)36-20-14-21-39(32-36)54-58-55(49-33-37-18-4-6-22-40(37)43-24-8-10-26-45(43)49)60-56(59-54)50-34-38-19-5-7-23-41(38)44-25-9-11-27-46(44)50/h1-34H. The highest BCUT2D eigenvalue weighted by atomic mass is 15.0. The van der Waals surface area contributed by atoms with Gasteiger partial charge in [0.1, 0.15) is 0 Å². The van der Waals surface area contributed by atoms with Gasteiger partial charge in [-0.3, -0.25) is 0 Å². The van der Waals surface area contributed by atoms with Gasteiger partial charge in [-0.05, 0) is 78.5 Å². The third kappa shape index (κ3) is 5.53. The Morgan fingerprint density at radius 1 is 0.250 bits per heavy atom. The van der Waals surface area contributed by atoms with Crippen molar-refractivity contribution in [3.63, 3.8) is 0 Å². The van der Waals surface area contributed by atoms with Crippen LogP contribution in [-0.4, -0.2) is 19.9 Å². The van der Waals surface area contributed by atoms with Gasteiger partial charge in [0.15, 0.2) is 17.5 Å². The number of para-hydroxylation sites is 1. The molecule has 0 aliphatic heterocycles. The predicted octanol–water partition coefficient (Wildman–Crippen LogP) is 14.5. The Kier molecular flexibility index (Phi) is 7.82. The first-order chi connectivity index (χ1) is 29.7. The molecular weight excluding hydrogens is 729 g/mol. The first-order valence-corrected chi connectivity index (χ1v) is 20.3. The van der Waals surface area contributed by atoms with Gasteiger partial charge >= 0.3 is 0 Å². The van der Waals surface area contributed by atoms with Gasteiger partial charge in [-0.25, -0.2) is 19.9 Å². The second-order valence-electron chi connectivity index (χ2n) is 15.3. The normalized spacial score (nSPS) is 11.7. The highest BCUT2D eigenvalue weighted by Crippen LogP contribution is 2.41. The largest absolute Gasteiger partial charge is 0.247 e. The second-order valence-corrected chi connectivity index (χ2v) is 15.3. The molecule has 0 radical (unpaired) electrons. The molecule has 4 heteroatoms. The van der Waals surface area contributed by atoms with E-state index in [4.69, 9.17) is 19.9 Å². The van der Waals surface area contributed by atoms with E-state index in [1.54, 1.807) is 0 Å². The average molecular weight is 763 g/mol. The molecule has 0 unspecified atom stereocenters. The molecule has 60 heavy (non-hydrogen) atoms. The van der Waals surface area contributed by atoms with E-state index in [0.29, 0.717) is 17.5 Å². The van der Waals surface area contributed by atoms with Crippen LogP contribution in [0.5, 0.6) is 0 Å². The molecule has 2 heterocycles. The number of hydrogen-bond acceptors (Lipinski definition) is 4. The molecule has 4 nitrogen and oxygen atoms in total. The fourth-order valence-electron chi connectivity index (χ4n) is 9.11. The lowest BCUT2D eigenvalue weighted by Crippen LogP contribution is -2.01. The predicted molar refractivity (Wildman–Crippen MR) is 250 cm³/mol. The van der Waals surface area contributed by atoms with Gasteiger partial charge in [-0.15, -0.1) is 0 Å². The molecule has 12 aromatic rings. The van der Waals surface area contributed by atoms with Crippen molar-refractivity contribution < 1.29 is 0 Å². The third-order valence-electron chi connectivity index (χ3n) is 11.9. The van der Waals surface area contributed by atoms with E-state index >= 15 is 0 Å². The summed E-state index contributed by atoms with van der Waals surface area (Å²) in [5.74, 6) is 1.88. The Bertz CT molecular complexity index is 3530. The smallest absolute Gasteiger partial charge is 0.164 e. The van der Waals surface area contributed by atoms with Crippen LogP contribution in [0.15, 0.2) is 206 Å². The highest BCUT2D eigenvalue weighted by molar-refractivity contribution is 6.18. The minimum absolute atomic E-state index is 0.614. The lowest BCUT2D eigenvalue weighted by atomic mass is 9.92. The SMILES string of the molecule is c1ccc(-c2nc3ccccc3c3c(-c4cccc(-c5nc(-c6cc7ccccc7c7ccccc67)nc(-c6cc7ccccc7c7ccccc67)n5)c4)cccc23)cc1. The molecule has 0 fully saturated rings. The van der Waals surface area contributed by atoms with Gasteiger partial charge in [0, 0.05) is 38.4 Å². The fourth-order valence-corrected chi connectivity index (χ4v) is 9.11. The summed E-state index contributed by atoms with van der Waals surface area (Å²) < 4.78 is 0. The van der Waals surface area contributed by atoms with E-state index in [1.165, 1.54) is 26.9 Å². The summed E-state index contributed by atoms with van der Waals surface area (Å²) in [7, 11) is 0. The van der Waals surface area contributed by atoms with Crippen LogP contribution >= 0.6 is 0 Å². The lowest BCUT2D eigenvalue weighted by molar-refractivity contribution is 1.08. The van der Waals surface area contributed by atoms with Crippen LogP contribution < -0.4 is 0 Å². The maximum Gasteiger partial charge on any atom is 0.164 e. The molecule has 0 aliphatic carbocycles. The van der Waals surface area contributed by atoms with Crippen LogP contribution in [0, 0.1) is 0 Å². The first-order valence-electron chi connectivity index (χ1n) is 20.3. The summed E-state index contributed by atoms with van der Waals surface area (Å²) in [5, 5.41) is 12.6. The van der Waals surface area contributed by atoms with Crippen LogP contribution in [0.25, 0.3) is 121 Å². The third-order valence-corrected chi connectivity index (χ3v) is 11.9. The van der Waals surface area contributed by atoms with Gasteiger partial charge in [0.2, 0.25) is 0 Å². The van der Waals surface area contributed by atoms with Crippen LogP contribution in [0.2, 0.25) is 0 Å². The van der Waals surface area contributed by atoms with E-state index < -0.39 is 0 Å². The number of nitrogens with zero attached hydrogens (tertiary/aromatic N) is 4. The molecule has 12 rings (SSSR count). The summed E-state index contributed by atoms with van der Waals surface area (Å²) in [5.41, 5.74) is 8.07. The van der Waals surface area contributed by atoms with Crippen molar-refractivity contribution in [1.82, 2.24) is 19.9 Å². The zero-order chi connectivity index (χ0) is 39.6. The zero-order valence-corrected chi connectivity index (χ0v) is 32.4. The van der Waals surface area contributed by atoms with E-state index in [0.717, 1.165) is 76.9 Å². The van der Waals surface area contributed by atoms with E-state index in [2.05, 4.69) is 200 Å². The number of hydrogen-bond donors (Lipinski definition) is 0. The summed E-state index contributed by atoms with van der Waals surface area (Å²) in [6.07, 6.45) is 0. The Morgan fingerprint density at radius 2 is 0.717 bits per heavy atom. The number of aromatic nitrogens is 4. The Morgan fingerprint density at radius 3 is 1.37 bits per heavy atom. The molecule has 0 atom stereocenters. The summed E-state index contributed by atoms with van der Waals surface area (Å²) >= 11 is 0. The minimum Gasteiger partial charge on any atom is -0.247 e. The van der Waals surface area contributed by atoms with Crippen molar-refractivity contribution in [3.8, 4) is 56.5 Å². The topological polar surface area (TPSA) is 51.6 Å². The highest BCUT2D eigenvalue weighted by Gasteiger charge is 2.20. The van der Waals surface area contributed by atoms with Crippen molar-refractivity contribution in [2.75, 3.05) is 0 Å². The maximum absolute atomic E-state index is 5.38. The van der Waals surface area contributed by atoms with E-state index in [-0.39, 0.29) is 0 Å². The van der Waals surface area contributed by atoms with Crippen LogP contribution in [0.1, 0.15) is 0 Å². The number of benzene rings is 10. The molecule has 0 bridgehead atoms. The van der Waals surface area contributed by atoms with Crippen molar-refractivity contribution in [3.05, 3.63) is 206 Å². The van der Waals surface area contributed by atoms with Gasteiger partial charge in [0.05, 0.1) is 11.2 Å². The number of fused-ring (bicyclic) bond motifs is 9. The zero-order valence-electron chi connectivity index (χ0n) is 32.4. The van der Waals surface area contributed by atoms with Crippen molar-refractivity contribution >= 4 is 64.8 Å². The minimum atomic E-state index is 0.614. The lowest BCUT2D eigenvalue weighted by Gasteiger charge is -2.15. The molecule has 0 saturated carbocycles. The molecule has 0 saturated heterocycles. The van der Waals surface area contributed by atoms with Crippen LogP contribution in [-0.2, 0) is 0 Å². The van der Waals surface area contributed by atoms with Crippen LogP contribution in [0.3, 0.4) is 0 Å². The van der Waals surface area contributed by atoms with Crippen molar-refractivity contribution in [1.29, 1.82) is 0 Å². The van der Waals surface area contributed by atoms with Gasteiger partial charge in [-0.2, -0.15) is 0 Å². The quantitative estimate of drug-likeness (QED) is 0.164. The monoisotopic (exact) mass is 762 g/mol. The Balaban J connectivity index is 1.12. The van der Waals surface area contributed by atoms with Gasteiger partial charge in [-0.1, -0.05) is 182 Å². The maximum atomic E-state index is 5.38. The van der Waals surface area contributed by atoms with Crippen molar-refractivity contribution in [2.45, 2.75) is 0 Å². The molecule has 0 aliphatic rings. The molecular formula is C56H34N4. The Labute approximate surface area is 346 Å². The molecule has 0 amide bonds. The van der Waals surface area contributed by atoms with Crippen molar-refractivity contribution in [2.24, 2.45) is 0 Å². The summed E-state index contributed by atoms with van der Waals surface area (Å²) in [6.45, 7) is 0. The van der Waals surface area contributed by atoms with E-state index in [9.17, 15) is 0 Å². The summed E-state index contributed by atoms with van der Waals surface area (Å²) in [4.78, 5) is 21.3. The number of rotatable bonds is 5. The van der Waals surface area contributed by atoms with Crippen LogP contribution in [0.4, 0.5) is 0 Å².